The summed E-state index contributed by atoms with van der Waals surface area (Å²) >= 11 is 0. The zero-order valence-corrected chi connectivity index (χ0v) is 13.4. The normalized spacial score (nSPS) is 23.4. The van der Waals surface area contributed by atoms with E-state index in [2.05, 4.69) is 46.3 Å². The molecule has 2 aliphatic rings. The first-order valence-electron chi connectivity index (χ1n) is 8.60. The first-order chi connectivity index (χ1) is 10.4. The van der Waals surface area contributed by atoms with Crippen molar-refractivity contribution in [3.63, 3.8) is 0 Å². The van der Waals surface area contributed by atoms with Gasteiger partial charge in [0.1, 0.15) is 0 Å². The van der Waals surface area contributed by atoms with Gasteiger partial charge in [-0.1, -0.05) is 31.2 Å². The van der Waals surface area contributed by atoms with Gasteiger partial charge in [0.2, 0.25) is 0 Å². The highest BCUT2D eigenvalue weighted by Gasteiger charge is 2.30. The molecule has 0 aromatic heterocycles. The highest BCUT2D eigenvalue weighted by molar-refractivity contribution is 5.27. The van der Waals surface area contributed by atoms with Crippen LogP contribution in [-0.2, 0) is 13.1 Å². The largest absolute Gasteiger partial charge is 0.313 e. The van der Waals surface area contributed by atoms with Crippen LogP contribution in [-0.4, -0.2) is 48.6 Å². The average Bonchev–Trinajstić information content (AvgIpc) is 2.97. The van der Waals surface area contributed by atoms with Crippen LogP contribution in [0.5, 0.6) is 0 Å². The van der Waals surface area contributed by atoms with E-state index in [1.807, 2.05) is 0 Å². The van der Waals surface area contributed by atoms with Gasteiger partial charge in [-0.25, -0.2) is 0 Å². The molecule has 2 fully saturated rings. The molecule has 0 spiro atoms. The summed E-state index contributed by atoms with van der Waals surface area (Å²) in [5, 5.41) is 3.54. The van der Waals surface area contributed by atoms with Gasteiger partial charge in [-0.15, -0.1) is 0 Å². The van der Waals surface area contributed by atoms with Gasteiger partial charge in [0.05, 0.1) is 0 Å². The number of nitrogens with one attached hydrogen (secondary N) is 1. The van der Waals surface area contributed by atoms with Crippen LogP contribution in [0, 0.1) is 0 Å². The standard InChI is InChI=1S/C18H29N3/c1-2-9-19-13-16-6-3-4-7-17(16)14-20-11-12-21-10-5-8-18(21)15-20/h3-4,6-7,18-19H,2,5,8-15H2,1H3. The zero-order valence-electron chi connectivity index (χ0n) is 13.4. The van der Waals surface area contributed by atoms with E-state index in [1.54, 1.807) is 0 Å². The molecular weight excluding hydrogens is 258 g/mol. The van der Waals surface area contributed by atoms with Crippen LogP contribution in [0.1, 0.15) is 37.3 Å². The molecule has 2 saturated heterocycles. The highest BCUT2D eigenvalue weighted by Crippen LogP contribution is 2.23. The van der Waals surface area contributed by atoms with Crippen LogP contribution in [0.15, 0.2) is 24.3 Å². The van der Waals surface area contributed by atoms with Crippen molar-refractivity contribution in [2.45, 2.75) is 45.3 Å². The summed E-state index contributed by atoms with van der Waals surface area (Å²) in [5.41, 5.74) is 2.98. The van der Waals surface area contributed by atoms with Crippen molar-refractivity contribution in [1.82, 2.24) is 15.1 Å². The molecule has 1 atom stereocenters. The predicted octanol–water partition coefficient (Wildman–Crippen LogP) is 2.47. The SMILES string of the molecule is CCCNCc1ccccc1CN1CCN2CCCC2C1. The van der Waals surface area contributed by atoms with Crippen molar-refractivity contribution >= 4 is 0 Å². The Balaban J connectivity index is 1.59. The number of fused-ring (bicyclic) bond motifs is 1. The van der Waals surface area contributed by atoms with E-state index >= 15 is 0 Å². The monoisotopic (exact) mass is 287 g/mol. The molecular formula is C18H29N3. The lowest BCUT2D eigenvalue weighted by atomic mass is 10.1. The Hall–Kier alpha value is -0.900. The van der Waals surface area contributed by atoms with E-state index in [-0.39, 0.29) is 0 Å². The fourth-order valence-corrected chi connectivity index (χ4v) is 3.72. The van der Waals surface area contributed by atoms with E-state index in [1.165, 1.54) is 56.6 Å². The molecule has 1 unspecified atom stereocenters. The van der Waals surface area contributed by atoms with Crippen LogP contribution in [0.2, 0.25) is 0 Å². The Morgan fingerprint density at radius 3 is 2.86 bits per heavy atom. The minimum absolute atomic E-state index is 0.823. The second-order valence-corrected chi connectivity index (χ2v) is 6.51. The van der Waals surface area contributed by atoms with Crippen molar-refractivity contribution in [3.05, 3.63) is 35.4 Å². The van der Waals surface area contributed by atoms with Gasteiger partial charge in [0.15, 0.2) is 0 Å². The Morgan fingerprint density at radius 1 is 1.14 bits per heavy atom. The quantitative estimate of drug-likeness (QED) is 0.811. The molecule has 3 nitrogen and oxygen atoms in total. The molecule has 0 radical (unpaired) electrons. The summed E-state index contributed by atoms with van der Waals surface area (Å²) in [5.74, 6) is 0. The van der Waals surface area contributed by atoms with Crippen LogP contribution in [0.25, 0.3) is 0 Å². The van der Waals surface area contributed by atoms with Gasteiger partial charge in [0.25, 0.3) is 0 Å². The summed E-state index contributed by atoms with van der Waals surface area (Å²) < 4.78 is 0. The summed E-state index contributed by atoms with van der Waals surface area (Å²) in [6, 6.07) is 9.77. The van der Waals surface area contributed by atoms with Gasteiger partial charge < -0.3 is 5.32 Å². The molecule has 1 N–H and O–H groups in total. The Labute approximate surface area is 129 Å². The van der Waals surface area contributed by atoms with Crippen LogP contribution in [0.3, 0.4) is 0 Å². The third kappa shape index (κ3) is 3.85. The van der Waals surface area contributed by atoms with Crippen molar-refractivity contribution in [2.75, 3.05) is 32.7 Å². The highest BCUT2D eigenvalue weighted by atomic mass is 15.3. The number of nitrogens with zero attached hydrogens (tertiary/aromatic N) is 2. The Kier molecular flexibility index (Phi) is 5.28. The molecule has 0 aliphatic carbocycles. The number of rotatable bonds is 6. The van der Waals surface area contributed by atoms with Gasteiger partial charge in [-0.2, -0.15) is 0 Å². The molecule has 1 aromatic rings. The molecule has 116 valence electrons. The van der Waals surface area contributed by atoms with Crippen LogP contribution < -0.4 is 5.32 Å². The fourth-order valence-electron chi connectivity index (χ4n) is 3.72. The minimum Gasteiger partial charge on any atom is -0.313 e. The number of hydrogen-bond acceptors (Lipinski definition) is 3. The second kappa shape index (κ2) is 7.39. The van der Waals surface area contributed by atoms with Crippen molar-refractivity contribution < 1.29 is 0 Å². The molecule has 2 aliphatic heterocycles. The fraction of sp³-hybridized carbons (Fsp3) is 0.667. The summed E-state index contributed by atoms with van der Waals surface area (Å²) in [6.45, 7) is 10.5. The smallest absolute Gasteiger partial charge is 0.0238 e. The van der Waals surface area contributed by atoms with E-state index < -0.39 is 0 Å². The summed E-state index contributed by atoms with van der Waals surface area (Å²) in [6.07, 6.45) is 4.00. The van der Waals surface area contributed by atoms with Crippen LogP contribution >= 0.6 is 0 Å². The first kappa shape index (κ1) is 15.0. The summed E-state index contributed by atoms with van der Waals surface area (Å²) in [7, 11) is 0. The van der Waals surface area contributed by atoms with E-state index in [4.69, 9.17) is 0 Å². The molecule has 0 saturated carbocycles. The van der Waals surface area contributed by atoms with Gasteiger partial charge in [-0.05, 0) is 43.5 Å². The molecule has 0 bridgehead atoms. The Bertz CT molecular complexity index is 446. The molecule has 2 heterocycles. The third-order valence-corrected chi connectivity index (χ3v) is 4.93. The average molecular weight is 287 g/mol. The topological polar surface area (TPSA) is 18.5 Å². The van der Waals surface area contributed by atoms with E-state index in [0.29, 0.717) is 0 Å². The van der Waals surface area contributed by atoms with Crippen molar-refractivity contribution in [1.29, 1.82) is 0 Å². The maximum absolute atomic E-state index is 3.54. The molecule has 3 rings (SSSR count). The number of piperazine rings is 1. The van der Waals surface area contributed by atoms with Gasteiger partial charge in [0, 0.05) is 38.8 Å². The lowest BCUT2D eigenvalue weighted by Crippen LogP contribution is -2.49. The third-order valence-electron chi connectivity index (χ3n) is 4.93. The van der Waals surface area contributed by atoms with E-state index in [9.17, 15) is 0 Å². The Morgan fingerprint density at radius 2 is 2.00 bits per heavy atom. The van der Waals surface area contributed by atoms with E-state index in [0.717, 1.165) is 25.7 Å². The molecule has 1 aromatic carbocycles. The minimum atomic E-state index is 0.823. The van der Waals surface area contributed by atoms with Crippen molar-refractivity contribution in [3.8, 4) is 0 Å². The lowest BCUT2D eigenvalue weighted by Gasteiger charge is -2.37. The maximum Gasteiger partial charge on any atom is 0.0238 e. The second-order valence-electron chi connectivity index (χ2n) is 6.51. The van der Waals surface area contributed by atoms with Crippen molar-refractivity contribution in [2.24, 2.45) is 0 Å². The zero-order chi connectivity index (χ0) is 14.5. The number of benzene rings is 1. The summed E-state index contributed by atoms with van der Waals surface area (Å²) in [4.78, 5) is 5.34. The predicted molar refractivity (Wildman–Crippen MR) is 88.3 cm³/mol. The van der Waals surface area contributed by atoms with Gasteiger partial charge >= 0.3 is 0 Å². The van der Waals surface area contributed by atoms with Crippen LogP contribution in [0.4, 0.5) is 0 Å². The molecule has 3 heteroatoms. The maximum atomic E-state index is 3.54. The number of hydrogen-bond donors (Lipinski definition) is 1. The molecule has 21 heavy (non-hydrogen) atoms. The lowest BCUT2D eigenvalue weighted by molar-refractivity contribution is 0.0991. The van der Waals surface area contributed by atoms with Gasteiger partial charge in [-0.3, -0.25) is 9.80 Å². The first-order valence-corrected chi connectivity index (χ1v) is 8.60. The molecule has 0 amide bonds.